The molecule has 0 spiro atoms. The smallest absolute Gasteiger partial charge is 0.270 e. The van der Waals surface area contributed by atoms with Gasteiger partial charge in [0.1, 0.15) is 11.3 Å². The van der Waals surface area contributed by atoms with Crippen molar-refractivity contribution in [2.45, 2.75) is 6.92 Å². The number of ether oxygens (including phenoxy) is 1. The van der Waals surface area contributed by atoms with Crippen LogP contribution < -0.4 is 9.64 Å². The fourth-order valence-electron chi connectivity index (χ4n) is 2.52. The summed E-state index contributed by atoms with van der Waals surface area (Å²) in [6, 6.07) is 7.68. The Balaban J connectivity index is 0.00000261. The summed E-state index contributed by atoms with van der Waals surface area (Å²) in [5, 5.41) is 0.698. The lowest BCUT2D eigenvalue weighted by Gasteiger charge is -2.21. The molecule has 2 heterocycles. The third-order valence-corrected chi connectivity index (χ3v) is 6.77. The quantitative estimate of drug-likeness (QED) is 0.484. The number of rotatable bonds is 6. The second-order valence-corrected chi connectivity index (χ2v) is 9.56. The van der Waals surface area contributed by atoms with Gasteiger partial charge in [-0.05, 0) is 60.7 Å². The second-order valence-electron chi connectivity index (χ2n) is 6.12. The molecule has 3 rings (SSSR count). The number of aryl methyl sites for hydroxylation is 1. The zero-order valence-electron chi connectivity index (χ0n) is 15.5. The van der Waals surface area contributed by atoms with Crippen LogP contribution in [-0.2, 0) is 0 Å². The summed E-state index contributed by atoms with van der Waals surface area (Å²) in [6.45, 7) is 3.37. The molecule has 146 valence electrons. The lowest BCUT2D eigenvalue weighted by Crippen LogP contribution is -2.36. The van der Waals surface area contributed by atoms with E-state index in [9.17, 15) is 4.79 Å². The van der Waals surface area contributed by atoms with Gasteiger partial charge in [0.05, 0.1) is 20.5 Å². The number of hydrogen-bond acceptors (Lipinski definition) is 6. The predicted octanol–water partition coefficient (Wildman–Crippen LogP) is 5.07. The van der Waals surface area contributed by atoms with Gasteiger partial charge in [-0.1, -0.05) is 17.4 Å². The number of hydrogen-bond donors (Lipinski definition) is 0. The Kier molecular flexibility index (Phi) is 7.64. The molecular weight excluding hydrogens is 470 g/mol. The minimum atomic E-state index is -0.0294. The monoisotopic (exact) mass is 489 g/mol. The van der Waals surface area contributed by atoms with Gasteiger partial charge in [-0.25, -0.2) is 4.98 Å². The van der Waals surface area contributed by atoms with E-state index in [-0.39, 0.29) is 18.3 Å². The highest BCUT2D eigenvalue weighted by Crippen LogP contribution is 2.37. The average Bonchev–Trinajstić information content (AvgIpc) is 3.22. The molecule has 0 fully saturated rings. The first-order chi connectivity index (χ1) is 12.4. The van der Waals surface area contributed by atoms with Crippen LogP contribution in [0.5, 0.6) is 5.75 Å². The van der Waals surface area contributed by atoms with Crippen molar-refractivity contribution in [1.29, 1.82) is 0 Å². The lowest BCUT2D eigenvalue weighted by molar-refractivity contribution is 0.0989. The molecule has 0 bridgehead atoms. The molecule has 0 radical (unpaired) electrons. The Labute approximate surface area is 181 Å². The van der Waals surface area contributed by atoms with E-state index in [0.29, 0.717) is 16.6 Å². The summed E-state index contributed by atoms with van der Waals surface area (Å²) in [5.41, 5.74) is 1.94. The number of fused-ring (bicyclic) bond motifs is 1. The molecule has 5 nitrogen and oxygen atoms in total. The molecule has 9 heteroatoms. The Morgan fingerprint density at radius 1 is 1.19 bits per heavy atom. The number of likely N-dealkylation sites (N-methyl/N-ethyl adjacent to an activating group) is 1. The van der Waals surface area contributed by atoms with Crippen molar-refractivity contribution in [1.82, 2.24) is 9.88 Å². The molecule has 0 saturated heterocycles. The molecule has 0 aliphatic heterocycles. The first kappa shape index (κ1) is 22.1. The largest absolute Gasteiger partial charge is 0.494 e. The first-order valence-corrected chi connectivity index (χ1v) is 10.5. The Hall–Kier alpha value is -1.19. The molecule has 0 saturated carbocycles. The minimum Gasteiger partial charge on any atom is -0.494 e. The fraction of sp³-hybridized carbons (Fsp3) is 0.333. The summed E-state index contributed by atoms with van der Waals surface area (Å²) < 4.78 is 7.44. The summed E-state index contributed by atoms with van der Waals surface area (Å²) in [4.78, 5) is 22.4. The molecular formula is C18H21BrClN3O2S2. The number of carbonyl (C=O) groups excluding carboxylic acids is 1. The highest BCUT2D eigenvalue weighted by atomic mass is 79.9. The first-order valence-electron chi connectivity index (χ1n) is 8.06. The Bertz CT molecular complexity index is 942. The van der Waals surface area contributed by atoms with Crippen molar-refractivity contribution in [2.75, 3.05) is 39.2 Å². The van der Waals surface area contributed by atoms with Crippen molar-refractivity contribution in [2.24, 2.45) is 0 Å². The average molecular weight is 491 g/mol. The van der Waals surface area contributed by atoms with E-state index < -0.39 is 0 Å². The SMILES string of the molecule is COc1ccc(C)c2sc(N(CCN(C)C)C(=O)c3ccc(Br)s3)nc12.Cl. The van der Waals surface area contributed by atoms with Crippen LogP contribution in [0.15, 0.2) is 28.1 Å². The highest BCUT2D eigenvalue weighted by Gasteiger charge is 2.24. The van der Waals surface area contributed by atoms with Crippen molar-refractivity contribution in [3.8, 4) is 5.75 Å². The standard InChI is InChI=1S/C18H20BrN3O2S2.ClH/c1-11-5-6-12(24-4)15-16(11)26-18(20-15)22(10-9-21(2)3)17(23)13-7-8-14(19)25-13;/h5-8H,9-10H2,1-4H3;1H. The molecule has 0 aliphatic rings. The van der Waals surface area contributed by atoms with E-state index in [1.165, 1.54) is 22.7 Å². The van der Waals surface area contributed by atoms with Gasteiger partial charge in [0.25, 0.3) is 5.91 Å². The van der Waals surface area contributed by atoms with Gasteiger partial charge in [-0.3, -0.25) is 9.69 Å². The van der Waals surface area contributed by atoms with Gasteiger partial charge < -0.3 is 9.64 Å². The number of thiophene rings is 1. The number of amides is 1. The van der Waals surface area contributed by atoms with Gasteiger partial charge >= 0.3 is 0 Å². The molecule has 2 aromatic heterocycles. The minimum absolute atomic E-state index is 0. The van der Waals surface area contributed by atoms with Crippen LogP contribution in [0.2, 0.25) is 0 Å². The molecule has 0 atom stereocenters. The van der Waals surface area contributed by atoms with Crippen molar-refractivity contribution < 1.29 is 9.53 Å². The second kappa shape index (κ2) is 9.34. The van der Waals surface area contributed by atoms with E-state index >= 15 is 0 Å². The molecule has 0 N–H and O–H groups in total. The third kappa shape index (κ3) is 4.81. The summed E-state index contributed by atoms with van der Waals surface area (Å²) >= 11 is 6.40. The van der Waals surface area contributed by atoms with E-state index in [2.05, 4.69) is 20.8 Å². The number of thiazole rings is 1. The van der Waals surface area contributed by atoms with Gasteiger partial charge in [-0.15, -0.1) is 23.7 Å². The molecule has 0 unspecified atom stereocenters. The van der Waals surface area contributed by atoms with E-state index in [4.69, 9.17) is 9.72 Å². The number of benzene rings is 1. The summed E-state index contributed by atoms with van der Waals surface area (Å²) in [5.74, 6) is 0.699. The summed E-state index contributed by atoms with van der Waals surface area (Å²) in [6.07, 6.45) is 0. The number of carbonyl (C=O) groups is 1. The molecule has 0 aliphatic carbocycles. The maximum Gasteiger partial charge on any atom is 0.270 e. The van der Waals surface area contributed by atoms with Crippen molar-refractivity contribution >= 4 is 72.3 Å². The van der Waals surface area contributed by atoms with Crippen LogP contribution in [0.3, 0.4) is 0 Å². The van der Waals surface area contributed by atoms with Crippen LogP contribution in [-0.4, -0.2) is 50.1 Å². The zero-order chi connectivity index (χ0) is 18.8. The van der Waals surface area contributed by atoms with E-state index in [1.54, 1.807) is 12.0 Å². The van der Waals surface area contributed by atoms with Gasteiger partial charge in [0, 0.05) is 13.1 Å². The van der Waals surface area contributed by atoms with Crippen LogP contribution in [0, 0.1) is 6.92 Å². The number of methoxy groups -OCH3 is 1. The summed E-state index contributed by atoms with van der Waals surface area (Å²) in [7, 11) is 5.63. The van der Waals surface area contributed by atoms with E-state index in [0.717, 1.165) is 31.9 Å². The Morgan fingerprint density at radius 3 is 2.52 bits per heavy atom. The van der Waals surface area contributed by atoms with Gasteiger partial charge in [0.15, 0.2) is 5.13 Å². The lowest BCUT2D eigenvalue weighted by atomic mass is 10.2. The van der Waals surface area contributed by atoms with Crippen LogP contribution in [0.25, 0.3) is 10.2 Å². The Morgan fingerprint density at radius 2 is 1.93 bits per heavy atom. The predicted molar refractivity (Wildman–Crippen MR) is 120 cm³/mol. The van der Waals surface area contributed by atoms with Gasteiger partial charge in [-0.2, -0.15) is 0 Å². The number of nitrogens with zero attached hydrogens (tertiary/aromatic N) is 3. The zero-order valence-corrected chi connectivity index (χ0v) is 19.5. The van der Waals surface area contributed by atoms with Crippen LogP contribution >= 0.6 is 51.0 Å². The number of anilines is 1. The molecule has 27 heavy (non-hydrogen) atoms. The van der Waals surface area contributed by atoms with Gasteiger partial charge in [0.2, 0.25) is 0 Å². The maximum atomic E-state index is 13.1. The maximum absolute atomic E-state index is 13.1. The molecule has 1 aromatic carbocycles. The van der Waals surface area contributed by atoms with Crippen molar-refractivity contribution in [3.05, 3.63) is 38.5 Å². The normalized spacial score (nSPS) is 10.9. The third-order valence-electron chi connectivity index (χ3n) is 3.94. The van der Waals surface area contributed by atoms with Crippen LogP contribution in [0.4, 0.5) is 5.13 Å². The molecule has 3 aromatic rings. The van der Waals surface area contributed by atoms with E-state index in [1.807, 2.05) is 45.3 Å². The topological polar surface area (TPSA) is 45.7 Å². The number of aromatic nitrogens is 1. The van der Waals surface area contributed by atoms with Crippen molar-refractivity contribution in [3.63, 3.8) is 0 Å². The number of halogens is 2. The van der Waals surface area contributed by atoms with Crippen LogP contribution in [0.1, 0.15) is 15.2 Å². The highest BCUT2D eigenvalue weighted by molar-refractivity contribution is 9.11. The fourth-order valence-corrected chi connectivity index (χ4v) is 4.94. The molecule has 1 amide bonds.